The summed E-state index contributed by atoms with van der Waals surface area (Å²) in [5.74, 6) is 2.50. The molecule has 1 saturated carbocycles. The van der Waals surface area contributed by atoms with Gasteiger partial charge in [0.1, 0.15) is 5.82 Å². The summed E-state index contributed by atoms with van der Waals surface area (Å²) in [5, 5.41) is 8.38. The first kappa shape index (κ1) is 11.4. The van der Waals surface area contributed by atoms with E-state index in [0.29, 0.717) is 17.6 Å². The Morgan fingerprint density at radius 2 is 2.28 bits per heavy atom. The fourth-order valence-electron chi connectivity index (χ4n) is 2.64. The Labute approximate surface area is 105 Å². The maximum atomic E-state index is 6.03. The minimum atomic E-state index is 0.280. The Bertz CT molecular complexity index is 552. The summed E-state index contributed by atoms with van der Waals surface area (Å²) < 4.78 is 7.02. The van der Waals surface area contributed by atoms with Gasteiger partial charge in [-0.25, -0.2) is 0 Å². The summed E-state index contributed by atoms with van der Waals surface area (Å²) in [5.41, 5.74) is 6.03. The number of ether oxygens (including phenoxy) is 1. The van der Waals surface area contributed by atoms with Crippen LogP contribution in [-0.4, -0.2) is 32.7 Å². The van der Waals surface area contributed by atoms with Crippen molar-refractivity contribution in [1.82, 2.24) is 19.6 Å². The first-order valence-corrected chi connectivity index (χ1v) is 6.29. The predicted octanol–water partition coefficient (Wildman–Crippen LogP) is 1.12. The van der Waals surface area contributed by atoms with E-state index >= 15 is 0 Å². The molecule has 2 aromatic rings. The maximum Gasteiger partial charge on any atom is 0.258 e. The van der Waals surface area contributed by atoms with Crippen molar-refractivity contribution < 1.29 is 4.74 Å². The molecule has 96 valence electrons. The van der Waals surface area contributed by atoms with Crippen LogP contribution in [-0.2, 0) is 0 Å². The number of hydrogen-bond donors (Lipinski definition) is 1. The molecular weight excluding hydrogens is 230 g/mol. The Morgan fingerprint density at radius 1 is 1.39 bits per heavy atom. The first-order chi connectivity index (χ1) is 8.78. The standard InChI is InChI=1S/C12H17N5O/c1-18-10-5-6-17-11(15-16-12(17)14-10)8-3-2-4-9(13)7-8/h5-6,8-9H,2-4,7,13H2,1H3/t8-,9+/m0/s1. The maximum absolute atomic E-state index is 6.03. The van der Waals surface area contributed by atoms with Crippen molar-refractivity contribution in [3.8, 4) is 5.88 Å². The molecule has 0 saturated heterocycles. The van der Waals surface area contributed by atoms with Gasteiger partial charge in [-0.05, 0) is 19.3 Å². The highest BCUT2D eigenvalue weighted by molar-refractivity contribution is 5.32. The number of fused-ring (bicyclic) bond motifs is 1. The highest BCUT2D eigenvalue weighted by Gasteiger charge is 2.25. The van der Waals surface area contributed by atoms with E-state index in [1.165, 1.54) is 0 Å². The number of methoxy groups -OCH3 is 1. The summed E-state index contributed by atoms with van der Waals surface area (Å²) in [7, 11) is 1.59. The van der Waals surface area contributed by atoms with Crippen LogP contribution in [0, 0.1) is 0 Å². The van der Waals surface area contributed by atoms with Gasteiger partial charge in [0.2, 0.25) is 5.88 Å². The fourth-order valence-corrected chi connectivity index (χ4v) is 2.64. The van der Waals surface area contributed by atoms with Crippen molar-refractivity contribution in [2.24, 2.45) is 5.73 Å². The summed E-state index contributed by atoms with van der Waals surface area (Å²) in [6, 6.07) is 2.10. The van der Waals surface area contributed by atoms with Gasteiger partial charge in [-0.1, -0.05) is 6.42 Å². The van der Waals surface area contributed by atoms with Crippen molar-refractivity contribution in [3.05, 3.63) is 18.1 Å². The lowest BCUT2D eigenvalue weighted by Gasteiger charge is -2.25. The van der Waals surface area contributed by atoms with Crippen LogP contribution in [0.1, 0.15) is 37.4 Å². The quantitative estimate of drug-likeness (QED) is 0.860. The predicted molar refractivity (Wildman–Crippen MR) is 66.5 cm³/mol. The fraction of sp³-hybridized carbons (Fsp3) is 0.583. The molecule has 18 heavy (non-hydrogen) atoms. The van der Waals surface area contributed by atoms with Gasteiger partial charge in [0.05, 0.1) is 7.11 Å². The second-order valence-electron chi connectivity index (χ2n) is 4.82. The molecule has 1 fully saturated rings. The number of aromatic nitrogens is 4. The van der Waals surface area contributed by atoms with E-state index in [-0.39, 0.29) is 6.04 Å². The van der Waals surface area contributed by atoms with Crippen molar-refractivity contribution in [3.63, 3.8) is 0 Å². The molecule has 2 N–H and O–H groups in total. The molecular formula is C12H17N5O. The Hall–Kier alpha value is -1.69. The molecule has 0 radical (unpaired) electrons. The van der Waals surface area contributed by atoms with Crippen LogP contribution in [0.2, 0.25) is 0 Å². The molecule has 1 aliphatic carbocycles. The second kappa shape index (κ2) is 4.53. The average Bonchev–Trinajstić information content (AvgIpc) is 2.81. The Kier molecular flexibility index (Phi) is 2.87. The number of rotatable bonds is 2. The topological polar surface area (TPSA) is 78.3 Å². The average molecular weight is 247 g/mol. The van der Waals surface area contributed by atoms with Gasteiger partial charge in [0.15, 0.2) is 0 Å². The van der Waals surface area contributed by atoms with E-state index in [4.69, 9.17) is 10.5 Å². The van der Waals surface area contributed by atoms with E-state index in [1.807, 2.05) is 16.7 Å². The minimum Gasteiger partial charge on any atom is -0.481 e. The van der Waals surface area contributed by atoms with E-state index in [9.17, 15) is 0 Å². The SMILES string of the molecule is COc1ccn2c([C@H]3CCC[C@@H](N)C3)nnc2n1. The third-order valence-corrected chi connectivity index (χ3v) is 3.57. The molecule has 2 atom stereocenters. The highest BCUT2D eigenvalue weighted by Crippen LogP contribution is 2.31. The molecule has 0 amide bonds. The van der Waals surface area contributed by atoms with Crippen LogP contribution in [0.4, 0.5) is 0 Å². The number of hydrogen-bond acceptors (Lipinski definition) is 5. The van der Waals surface area contributed by atoms with E-state index < -0.39 is 0 Å². The zero-order valence-electron chi connectivity index (χ0n) is 10.4. The van der Waals surface area contributed by atoms with E-state index in [1.54, 1.807) is 7.11 Å². The largest absolute Gasteiger partial charge is 0.481 e. The lowest BCUT2D eigenvalue weighted by Crippen LogP contribution is -2.27. The Balaban J connectivity index is 1.97. The van der Waals surface area contributed by atoms with Crippen LogP contribution in [0.5, 0.6) is 5.88 Å². The highest BCUT2D eigenvalue weighted by atomic mass is 16.5. The molecule has 0 aliphatic heterocycles. The van der Waals surface area contributed by atoms with Crippen LogP contribution in [0.15, 0.2) is 12.3 Å². The zero-order valence-corrected chi connectivity index (χ0v) is 10.4. The lowest BCUT2D eigenvalue weighted by molar-refractivity contribution is 0.379. The zero-order chi connectivity index (χ0) is 12.5. The summed E-state index contributed by atoms with van der Waals surface area (Å²) in [6.07, 6.45) is 6.29. The van der Waals surface area contributed by atoms with Crippen LogP contribution in [0.3, 0.4) is 0 Å². The van der Waals surface area contributed by atoms with Gasteiger partial charge in [-0.3, -0.25) is 4.40 Å². The molecule has 0 bridgehead atoms. The van der Waals surface area contributed by atoms with Crippen molar-refractivity contribution in [2.75, 3.05) is 7.11 Å². The Morgan fingerprint density at radius 3 is 3.06 bits per heavy atom. The second-order valence-corrected chi connectivity index (χ2v) is 4.82. The third-order valence-electron chi connectivity index (χ3n) is 3.57. The minimum absolute atomic E-state index is 0.280. The first-order valence-electron chi connectivity index (χ1n) is 6.29. The number of nitrogens with zero attached hydrogens (tertiary/aromatic N) is 4. The van der Waals surface area contributed by atoms with E-state index in [2.05, 4.69) is 15.2 Å². The van der Waals surface area contributed by atoms with Crippen molar-refractivity contribution in [1.29, 1.82) is 0 Å². The molecule has 0 aromatic carbocycles. The molecule has 0 spiro atoms. The monoisotopic (exact) mass is 247 g/mol. The summed E-state index contributed by atoms with van der Waals surface area (Å²) in [4.78, 5) is 4.26. The van der Waals surface area contributed by atoms with Crippen LogP contribution in [0.25, 0.3) is 5.78 Å². The normalized spacial score (nSPS) is 24.3. The third kappa shape index (κ3) is 1.92. The van der Waals surface area contributed by atoms with Crippen LogP contribution < -0.4 is 10.5 Å². The van der Waals surface area contributed by atoms with E-state index in [0.717, 1.165) is 31.5 Å². The lowest BCUT2D eigenvalue weighted by atomic mass is 9.86. The molecule has 6 nitrogen and oxygen atoms in total. The van der Waals surface area contributed by atoms with Crippen molar-refractivity contribution in [2.45, 2.75) is 37.6 Å². The molecule has 2 heterocycles. The van der Waals surface area contributed by atoms with Crippen molar-refractivity contribution >= 4 is 5.78 Å². The van der Waals surface area contributed by atoms with Crippen LogP contribution >= 0.6 is 0 Å². The molecule has 1 aliphatic rings. The smallest absolute Gasteiger partial charge is 0.258 e. The number of nitrogens with two attached hydrogens (primary N) is 1. The molecule has 3 rings (SSSR count). The van der Waals surface area contributed by atoms with Gasteiger partial charge < -0.3 is 10.5 Å². The molecule has 6 heteroatoms. The van der Waals surface area contributed by atoms with Gasteiger partial charge in [-0.2, -0.15) is 4.98 Å². The summed E-state index contributed by atoms with van der Waals surface area (Å²) in [6.45, 7) is 0. The van der Waals surface area contributed by atoms with Gasteiger partial charge in [0, 0.05) is 24.2 Å². The molecule has 0 unspecified atom stereocenters. The van der Waals surface area contributed by atoms with Gasteiger partial charge in [0.25, 0.3) is 5.78 Å². The van der Waals surface area contributed by atoms with Gasteiger partial charge >= 0.3 is 0 Å². The van der Waals surface area contributed by atoms with Gasteiger partial charge in [-0.15, -0.1) is 10.2 Å². The summed E-state index contributed by atoms with van der Waals surface area (Å²) >= 11 is 0. The molecule has 2 aromatic heterocycles.